The van der Waals surface area contributed by atoms with E-state index >= 15 is 0 Å². The second kappa shape index (κ2) is 15.4. The number of ether oxygens (including phenoxy) is 2. The molecule has 0 spiro atoms. The summed E-state index contributed by atoms with van der Waals surface area (Å²) in [5.74, 6) is 0.245. The summed E-state index contributed by atoms with van der Waals surface area (Å²) in [4.78, 5) is 13.9. The van der Waals surface area contributed by atoms with Crippen LogP contribution in [0.4, 0.5) is 13.2 Å². The maximum absolute atomic E-state index is 13.6. The Kier molecular flexibility index (Phi) is 11.7. The number of esters is 1. The molecule has 4 nitrogen and oxygen atoms in total. The molecule has 0 fully saturated rings. The van der Waals surface area contributed by atoms with Gasteiger partial charge in [-0.3, -0.25) is 9.69 Å². The van der Waals surface area contributed by atoms with Crippen molar-refractivity contribution in [3.05, 3.63) is 134 Å². The van der Waals surface area contributed by atoms with Gasteiger partial charge in [-0.1, -0.05) is 100 Å². The van der Waals surface area contributed by atoms with Gasteiger partial charge in [0.15, 0.2) is 0 Å². The van der Waals surface area contributed by atoms with Gasteiger partial charge in [0, 0.05) is 30.0 Å². The molecule has 4 rings (SSSR count). The van der Waals surface area contributed by atoms with E-state index in [4.69, 9.17) is 21.1 Å². The number of carbonyl (C=O) groups excluding carboxylic acids is 1. The maximum atomic E-state index is 13.6. The van der Waals surface area contributed by atoms with Gasteiger partial charge in [0.25, 0.3) is 0 Å². The molecule has 0 amide bonds. The molecule has 0 heterocycles. The molecule has 0 aliphatic carbocycles. The highest BCUT2D eigenvalue weighted by atomic mass is 79.9. The van der Waals surface area contributed by atoms with Gasteiger partial charge in [0.1, 0.15) is 5.75 Å². The van der Waals surface area contributed by atoms with E-state index in [1.54, 1.807) is 12.1 Å². The Morgan fingerprint density at radius 1 is 0.907 bits per heavy atom. The SMILES string of the molecule is COC(=O)Cc1cc(OCCCN(Cc2cccc(C(F)(F)F)c2Cl)CC(c2ccccc2)c2ccccc2)ccc1Br. The normalized spacial score (nSPS) is 11.6. The average Bonchev–Trinajstić information content (AvgIpc) is 3.00. The van der Waals surface area contributed by atoms with Gasteiger partial charge in [-0.25, -0.2) is 0 Å². The van der Waals surface area contributed by atoms with Crippen LogP contribution < -0.4 is 4.74 Å². The summed E-state index contributed by atoms with van der Waals surface area (Å²) in [6.45, 7) is 1.71. The summed E-state index contributed by atoms with van der Waals surface area (Å²) in [6.07, 6.45) is -3.82. The summed E-state index contributed by atoms with van der Waals surface area (Å²) in [7, 11) is 1.34. The van der Waals surface area contributed by atoms with E-state index in [1.165, 1.54) is 13.2 Å². The topological polar surface area (TPSA) is 38.8 Å². The summed E-state index contributed by atoms with van der Waals surface area (Å²) in [6, 6.07) is 29.6. The van der Waals surface area contributed by atoms with Crippen LogP contribution in [0.5, 0.6) is 5.75 Å². The van der Waals surface area contributed by atoms with Crippen LogP contribution in [0.2, 0.25) is 5.02 Å². The Labute approximate surface area is 263 Å². The number of carbonyl (C=O) groups is 1. The average molecular weight is 675 g/mol. The van der Waals surface area contributed by atoms with Gasteiger partial charge < -0.3 is 9.47 Å². The number of nitrogens with zero attached hydrogens (tertiary/aromatic N) is 1. The van der Waals surface area contributed by atoms with Crippen molar-refractivity contribution in [3.8, 4) is 5.75 Å². The first-order chi connectivity index (χ1) is 20.7. The number of alkyl halides is 3. The molecule has 43 heavy (non-hydrogen) atoms. The first kappa shape index (κ1) is 32.6. The highest BCUT2D eigenvalue weighted by molar-refractivity contribution is 9.10. The summed E-state index contributed by atoms with van der Waals surface area (Å²) < 4.78 is 52.4. The van der Waals surface area contributed by atoms with E-state index in [9.17, 15) is 18.0 Å². The number of hydrogen-bond acceptors (Lipinski definition) is 4. The molecule has 0 saturated carbocycles. The Hall–Kier alpha value is -3.33. The minimum Gasteiger partial charge on any atom is -0.494 e. The fourth-order valence-electron chi connectivity index (χ4n) is 4.91. The standard InChI is InChI=1S/C34H32BrClF3NO3/c1-42-32(41)21-27-20-28(16-17-31(27)35)43-19-9-18-40(22-26-14-8-15-30(33(26)36)34(37,38)39)23-29(24-10-4-2-5-11-24)25-12-6-3-7-13-25/h2-8,10-17,20,29H,9,18-19,21-23H2,1H3. The van der Waals surface area contributed by atoms with Crippen LogP contribution in [0.25, 0.3) is 0 Å². The van der Waals surface area contributed by atoms with Gasteiger partial charge in [-0.05, 0) is 52.9 Å². The zero-order chi connectivity index (χ0) is 30.8. The van der Waals surface area contributed by atoms with E-state index in [0.717, 1.165) is 27.2 Å². The van der Waals surface area contributed by atoms with E-state index in [0.29, 0.717) is 37.4 Å². The molecule has 0 atom stereocenters. The van der Waals surface area contributed by atoms with Gasteiger partial charge in [0.2, 0.25) is 0 Å². The van der Waals surface area contributed by atoms with Crippen LogP contribution in [-0.4, -0.2) is 37.7 Å². The fourth-order valence-corrected chi connectivity index (χ4v) is 5.59. The van der Waals surface area contributed by atoms with Crippen LogP contribution in [0.15, 0.2) is 102 Å². The number of halogens is 5. The lowest BCUT2D eigenvalue weighted by atomic mass is 9.90. The molecule has 0 N–H and O–H groups in total. The Morgan fingerprint density at radius 3 is 2.16 bits per heavy atom. The van der Waals surface area contributed by atoms with E-state index in [1.807, 2.05) is 48.5 Å². The van der Waals surface area contributed by atoms with Crippen molar-refractivity contribution in [3.63, 3.8) is 0 Å². The highest BCUT2D eigenvalue weighted by Crippen LogP contribution is 2.37. The number of rotatable bonds is 13. The second-order valence-corrected chi connectivity index (χ2v) is 11.3. The Morgan fingerprint density at radius 2 is 1.56 bits per heavy atom. The largest absolute Gasteiger partial charge is 0.494 e. The quantitative estimate of drug-likeness (QED) is 0.105. The molecule has 0 aromatic heterocycles. The molecule has 4 aromatic carbocycles. The number of hydrogen-bond donors (Lipinski definition) is 0. The van der Waals surface area contributed by atoms with E-state index < -0.39 is 11.7 Å². The molecule has 0 radical (unpaired) electrons. The Bertz CT molecular complexity index is 1450. The second-order valence-electron chi connectivity index (χ2n) is 10.1. The van der Waals surface area contributed by atoms with Crippen molar-refractivity contribution in [2.75, 3.05) is 26.8 Å². The molecule has 0 unspecified atom stereocenters. The summed E-state index contributed by atoms with van der Waals surface area (Å²) in [5, 5.41) is -0.278. The maximum Gasteiger partial charge on any atom is 0.417 e. The predicted octanol–water partition coefficient (Wildman–Crippen LogP) is 8.94. The van der Waals surface area contributed by atoms with Crippen molar-refractivity contribution in [2.45, 2.75) is 31.5 Å². The van der Waals surface area contributed by atoms with Crippen molar-refractivity contribution >= 4 is 33.5 Å². The van der Waals surface area contributed by atoms with E-state index in [-0.39, 0.29) is 29.9 Å². The lowest BCUT2D eigenvalue weighted by Crippen LogP contribution is -2.31. The molecule has 0 aliphatic heterocycles. The number of benzene rings is 4. The van der Waals surface area contributed by atoms with Gasteiger partial charge >= 0.3 is 12.1 Å². The molecule has 0 saturated heterocycles. The van der Waals surface area contributed by atoms with Crippen molar-refractivity contribution in [1.29, 1.82) is 0 Å². The molecule has 4 aromatic rings. The fraction of sp³-hybridized carbons (Fsp3) is 0.265. The van der Waals surface area contributed by atoms with Crippen molar-refractivity contribution in [1.82, 2.24) is 4.90 Å². The van der Waals surface area contributed by atoms with Crippen LogP contribution in [0.3, 0.4) is 0 Å². The first-order valence-corrected chi connectivity index (χ1v) is 15.0. The van der Waals surface area contributed by atoms with Crippen LogP contribution in [0, 0.1) is 0 Å². The van der Waals surface area contributed by atoms with Gasteiger partial charge in [-0.2, -0.15) is 13.2 Å². The smallest absolute Gasteiger partial charge is 0.417 e. The van der Waals surface area contributed by atoms with Gasteiger partial charge in [0.05, 0.1) is 30.7 Å². The monoisotopic (exact) mass is 673 g/mol. The lowest BCUT2D eigenvalue weighted by molar-refractivity contribution is -0.140. The molecule has 0 aliphatic rings. The molecule has 9 heteroatoms. The number of methoxy groups -OCH3 is 1. The first-order valence-electron chi connectivity index (χ1n) is 13.8. The summed E-state index contributed by atoms with van der Waals surface area (Å²) in [5.41, 5.74) is 2.54. The highest BCUT2D eigenvalue weighted by Gasteiger charge is 2.34. The van der Waals surface area contributed by atoms with Crippen LogP contribution >= 0.6 is 27.5 Å². The molecular weight excluding hydrogens is 643 g/mol. The van der Waals surface area contributed by atoms with Crippen LogP contribution in [0.1, 0.15) is 40.2 Å². The minimum atomic E-state index is -4.54. The third kappa shape index (κ3) is 9.33. The zero-order valence-electron chi connectivity index (χ0n) is 23.6. The van der Waals surface area contributed by atoms with Crippen molar-refractivity contribution in [2.24, 2.45) is 0 Å². The molecule has 0 bridgehead atoms. The predicted molar refractivity (Wildman–Crippen MR) is 166 cm³/mol. The molecular formula is C34H32BrClF3NO3. The molecule has 226 valence electrons. The zero-order valence-corrected chi connectivity index (χ0v) is 26.0. The van der Waals surface area contributed by atoms with Crippen molar-refractivity contribution < 1.29 is 27.4 Å². The van der Waals surface area contributed by atoms with Crippen LogP contribution in [-0.2, 0) is 28.7 Å². The van der Waals surface area contributed by atoms with E-state index in [2.05, 4.69) is 45.1 Å². The lowest BCUT2D eigenvalue weighted by Gasteiger charge is -2.29. The minimum absolute atomic E-state index is 0.0137. The Balaban J connectivity index is 1.54. The third-order valence-electron chi connectivity index (χ3n) is 7.09. The summed E-state index contributed by atoms with van der Waals surface area (Å²) >= 11 is 9.77. The third-order valence-corrected chi connectivity index (χ3v) is 8.31. The van der Waals surface area contributed by atoms with Gasteiger partial charge in [-0.15, -0.1) is 0 Å².